The smallest absolute Gasteiger partial charge is 0.416 e. The minimum absolute atomic E-state index is 0.0266. The van der Waals surface area contributed by atoms with E-state index in [0.717, 1.165) is 15.3 Å². The summed E-state index contributed by atoms with van der Waals surface area (Å²) in [6, 6.07) is 11.0. The van der Waals surface area contributed by atoms with E-state index in [9.17, 15) is 19.2 Å². The van der Waals surface area contributed by atoms with E-state index in [2.05, 4.69) is 4.99 Å². The zero-order valence-electron chi connectivity index (χ0n) is 21.0. The SMILES string of the molecule is NC(=NC(=O)[C@@H]1CCCN1C(=O)CCc1cccs1)N(CCC[C@H](N)C(=O)O)C(=O)OCc1ccccc1. The molecule has 11 nitrogen and oxygen atoms in total. The molecule has 204 valence electrons. The van der Waals surface area contributed by atoms with Crippen molar-refractivity contribution in [2.45, 2.75) is 57.2 Å². The zero-order valence-corrected chi connectivity index (χ0v) is 21.8. The molecule has 0 spiro atoms. The van der Waals surface area contributed by atoms with Gasteiger partial charge in [0.25, 0.3) is 5.91 Å². The third kappa shape index (κ3) is 8.38. The highest BCUT2D eigenvalue weighted by Crippen LogP contribution is 2.21. The van der Waals surface area contributed by atoms with Gasteiger partial charge < -0.3 is 26.2 Å². The predicted octanol–water partition coefficient (Wildman–Crippen LogP) is 2.34. The molecule has 0 bridgehead atoms. The zero-order chi connectivity index (χ0) is 27.5. The maximum atomic E-state index is 13.0. The summed E-state index contributed by atoms with van der Waals surface area (Å²) in [7, 11) is 0. The Labute approximate surface area is 225 Å². The Bertz CT molecular complexity index is 1120. The summed E-state index contributed by atoms with van der Waals surface area (Å²) < 4.78 is 5.35. The molecule has 12 heteroatoms. The van der Waals surface area contributed by atoms with Crippen LogP contribution >= 0.6 is 11.3 Å². The lowest BCUT2D eigenvalue weighted by Gasteiger charge is -2.24. The Balaban J connectivity index is 1.66. The molecular weight excluding hydrogens is 510 g/mol. The second-order valence-electron chi connectivity index (χ2n) is 8.91. The Kier molecular flexibility index (Phi) is 10.8. The van der Waals surface area contributed by atoms with E-state index < -0.39 is 30.1 Å². The quantitative estimate of drug-likeness (QED) is 0.287. The number of carbonyl (C=O) groups is 4. The second-order valence-corrected chi connectivity index (χ2v) is 9.94. The lowest BCUT2D eigenvalue weighted by atomic mass is 10.1. The average molecular weight is 544 g/mol. The molecule has 5 N–H and O–H groups in total. The molecule has 2 aromatic rings. The molecule has 38 heavy (non-hydrogen) atoms. The van der Waals surface area contributed by atoms with Gasteiger partial charge in [-0.2, -0.15) is 4.99 Å². The summed E-state index contributed by atoms with van der Waals surface area (Å²) >= 11 is 1.58. The number of aliphatic imine (C=N–C) groups is 1. The largest absolute Gasteiger partial charge is 0.480 e. The van der Waals surface area contributed by atoms with Crippen LogP contribution in [0, 0.1) is 0 Å². The van der Waals surface area contributed by atoms with Crippen LogP contribution in [0.5, 0.6) is 0 Å². The van der Waals surface area contributed by atoms with E-state index in [0.29, 0.717) is 25.8 Å². The van der Waals surface area contributed by atoms with Gasteiger partial charge in [-0.1, -0.05) is 36.4 Å². The first-order valence-corrected chi connectivity index (χ1v) is 13.3. The van der Waals surface area contributed by atoms with Crippen LogP contribution in [0.2, 0.25) is 0 Å². The third-order valence-electron chi connectivity index (χ3n) is 6.16. The number of benzene rings is 1. The van der Waals surface area contributed by atoms with Gasteiger partial charge in [0.1, 0.15) is 18.7 Å². The van der Waals surface area contributed by atoms with Crippen molar-refractivity contribution in [1.29, 1.82) is 0 Å². The molecule has 2 heterocycles. The molecule has 3 rings (SSSR count). The number of nitrogens with two attached hydrogens (primary N) is 2. The van der Waals surface area contributed by atoms with Crippen LogP contribution in [0.25, 0.3) is 0 Å². The molecule has 0 saturated carbocycles. The fraction of sp³-hybridized carbons (Fsp3) is 0.423. The molecule has 3 amide bonds. The highest BCUT2D eigenvalue weighted by atomic mass is 32.1. The van der Waals surface area contributed by atoms with Crippen LogP contribution in [0.3, 0.4) is 0 Å². The Morgan fingerprint density at radius 3 is 2.63 bits per heavy atom. The summed E-state index contributed by atoms with van der Waals surface area (Å²) in [4.78, 5) is 57.3. The Hall–Kier alpha value is -3.77. The van der Waals surface area contributed by atoms with Crippen LogP contribution in [0.1, 0.15) is 42.5 Å². The van der Waals surface area contributed by atoms with Crippen LogP contribution in [0.15, 0.2) is 52.8 Å². The number of hydrogen-bond donors (Lipinski definition) is 3. The first-order valence-electron chi connectivity index (χ1n) is 12.4. The fourth-order valence-electron chi connectivity index (χ4n) is 4.09. The van der Waals surface area contributed by atoms with Crippen LogP contribution < -0.4 is 11.5 Å². The molecule has 1 aromatic heterocycles. The molecule has 0 radical (unpaired) electrons. The fourth-order valence-corrected chi connectivity index (χ4v) is 4.80. The number of rotatable bonds is 11. The summed E-state index contributed by atoms with van der Waals surface area (Å²) in [5, 5.41) is 11.0. The number of amides is 3. The highest BCUT2D eigenvalue weighted by molar-refractivity contribution is 7.09. The van der Waals surface area contributed by atoms with Gasteiger partial charge in [0.15, 0.2) is 0 Å². The number of hydrogen-bond acceptors (Lipinski definition) is 7. The monoisotopic (exact) mass is 543 g/mol. The summed E-state index contributed by atoms with van der Waals surface area (Å²) in [5.41, 5.74) is 12.4. The number of aliphatic carboxylic acids is 1. The van der Waals surface area contributed by atoms with Gasteiger partial charge in [0.05, 0.1) is 0 Å². The van der Waals surface area contributed by atoms with Gasteiger partial charge in [0.2, 0.25) is 11.9 Å². The van der Waals surface area contributed by atoms with E-state index in [1.54, 1.807) is 35.6 Å². The minimum Gasteiger partial charge on any atom is -0.480 e. The van der Waals surface area contributed by atoms with E-state index in [-0.39, 0.29) is 44.3 Å². The Morgan fingerprint density at radius 1 is 1.18 bits per heavy atom. The van der Waals surface area contributed by atoms with Gasteiger partial charge in [-0.3, -0.25) is 14.4 Å². The molecule has 1 aliphatic rings. The number of likely N-dealkylation sites (tertiary alicyclic amines) is 1. The van der Waals surface area contributed by atoms with Crippen molar-refractivity contribution in [3.05, 3.63) is 58.3 Å². The number of thiophene rings is 1. The number of nitrogens with zero attached hydrogens (tertiary/aromatic N) is 3. The molecule has 1 fully saturated rings. The van der Waals surface area contributed by atoms with Crippen molar-refractivity contribution < 1.29 is 29.0 Å². The van der Waals surface area contributed by atoms with Gasteiger partial charge in [-0.15, -0.1) is 11.3 Å². The number of guanidine groups is 1. The summed E-state index contributed by atoms with van der Waals surface area (Å²) in [5.74, 6) is -2.29. The van der Waals surface area contributed by atoms with E-state index >= 15 is 0 Å². The second kappa shape index (κ2) is 14.2. The van der Waals surface area contributed by atoms with Crippen molar-refractivity contribution in [3.8, 4) is 0 Å². The normalized spacial score (nSPS) is 16.2. The first kappa shape index (κ1) is 28.8. The van der Waals surface area contributed by atoms with Gasteiger partial charge in [0, 0.05) is 24.4 Å². The molecule has 0 unspecified atom stereocenters. The first-order chi connectivity index (χ1) is 18.3. The number of carboxylic acids is 1. The molecule has 1 aromatic carbocycles. The number of aryl methyl sites for hydroxylation is 1. The maximum Gasteiger partial charge on any atom is 0.416 e. The number of ether oxygens (including phenoxy) is 1. The number of carbonyl (C=O) groups excluding carboxylic acids is 3. The van der Waals surface area contributed by atoms with Crippen molar-refractivity contribution in [1.82, 2.24) is 9.80 Å². The average Bonchev–Trinajstić information content (AvgIpc) is 3.61. The number of carboxylic acid groups (broad SMARTS) is 1. The third-order valence-corrected chi connectivity index (χ3v) is 7.10. The van der Waals surface area contributed by atoms with E-state index in [4.69, 9.17) is 21.3 Å². The minimum atomic E-state index is -1.16. The highest BCUT2D eigenvalue weighted by Gasteiger charge is 2.34. The van der Waals surface area contributed by atoms with E-state index in [1.807, 2.05) is 23.6 Å². The Morgan fingerprint density at radius 2 is 1.95 bits per heavy atom. The lowest BCUT2D eigenvalue weighted by molar-refractivity contribution is -0.138. The maximum absolute atomic E-state index is 13.0. The summed E-state index contributed by atoms with van der Waals surface area (Å²) in [6.45, 7) is 0.373. The molecular formula is C26H33N5O6S. The standard InChI is InChI=1S/C26H33N5O6S/c27-20(24(34)35)10-4-15-31(26(36)37-17-18-7-2-1-3-8-18)25(28)29-23(33)21-11-5-14-30(21)22(32)13-12-19-9-6-16-38-19/h1-3,6-9,16,20-21H,4-5,10-15,17,27H2,(H,34,35)(H2,28,29,33)/t20-,21-/m0/s1. The van der Waals surface area contributed by atoms with Crippen molar-refractivity contribution >= 4 is 41.2 Å². The van der Waals surface area contributed by atoms with Gasteiger partial charge >= 0.3 is 12.1 Å². The molecule has 1 aliphatic heterocycles. The predicted molar refractivity (Wildman–Crippen MR) is 142 cm³/mol. The van der Waals surface area contributed by atoms with Crippen molar-refractivity contribution in [3.63, 3.8) is 0 Å². The molecule has 2 atom stereocenters. The van der Waals surface area contributed by atoms with Gasteiger partial charge in [-0.05, 0) is 49.1 Å². The van der Waals surface area contributed by atoms with Crippen LogP contribution in [0.4, 0.5) is 4.79 Å². The van der Waals surface area contributed by atoms with E-state index in [1.165, 1.54) is 4.90 Å². The van der Waals surface area contributed by atoms with Crippen LogP contribution in [-0.4, -0.2) is 69.9 Å². The van der Waals surface area contributed by atoms with Crippen LogP contribution in [-0.2, 0) is 32.1 Å². The molecule has 0 aliphatic carbocycles. The topological polar surface area (TPSA) is 169 Å². The lowest BCUT2D eigenvalue weighted by Crippen LogP contribution is -2.46. The van der Waals surface area contributed by atoms with Crippen molar-refractivity contribution in [2.24, 2.45) is 16.5 Å². The summed E-state index contributed by atoms with van der Waals surface area (Å²) in [6.07, 6.45) is 1.42. The van der Waals surface area contributed by atoms with Gasteiger partial charge in [-0.25, -0.2) is 9.69 Å². The van der Waals surface area contributed by atoms with Crippen molar-refractivity contribution in [2.75, 3.05) is 13.1 Å². The molecule has 1 saturated heterocycles.